The Morgan fingerprint density at radius 3 is 2.74 bits per heavy atom. The van der Waals surface area contributed by atoms with E-state index in [9.17, 15) is 9.59 Å². The van der Waals surface area contributed by atoms with Crippen LogP contribution in [-0.4, -0.2) is 52.9 Å². The second-order valence-corrected chi connectivity index (χ2v) is 7.48. The Hall–Kier alpha value is -3.68. The van der Waals surface area contributed by atoms with E-state index >= 15 is 0 Å². The number of hydrogen-bond acceptors (Lipinski definition) is 6. The van der Waals surface area contributed by atoms with Crippen molar-refractivity contribution in [3.8, 4) is 5.75 Å². The quantitative estimate of drug-likeness (QED) is 0.636. The van der Waals surface area contributed by atoms with Gasteiger partial charge in [-0.15, -0.1) is 0 Å². The number of fused-ring (bicyclic) bond motifs is 1. The van der Waals surface area contributed by atoms with Gasteiger partial charge in [0.2, 0.25) is 11.9 Å². The molecule has 2 aromatic carbocycles. The molecule has 2 N–H and O–H groups in total. The highest BCUT2D eigenvalue weighted by Gasteiger charge is 2.27. The number of hydrogen-bond donors (Lipinski definition) is 2. The third-order valence-electron chi connectivity index (χ3n) is 5.33. The van der Waals surface area contributed by atoms with E-state index in [1.165, 1.54) is 0 Å². The van der Waals surface area contributed by atoms with Crippen molar-refractivity contribution in [3.63, 3.8) is 0 Å². The summed E-state index contributed by atoms with van der Waals surface area (Å²) in [4.78, 5) is 35.1. The predicted molar refractivity (Wildman–Crippen MR) is 119 cm³/mol. The molecule has 1 aromatic heterocycles. The van der Waals surface area contributed by atoms with Crippen LogP contribution in [0.4, 0.5) is 11.6 Å². The molecular formula is C23H25N5O3. The van der Waals surface area contributed by atoms with Crippen molar-refractivity contribution >= 4 is 34.4 Å². The van der Waals surface area contributed by atoms with Gasteiger partial charge in [-0.1, -0.05) is 6.92 Å². The monoisotopic (exact) mass is 419 g/mol. The molecule has 31 heavy (non-hydrogen) atoms. The zero-order chi connectivity index (χ0) is 21.8. The number of amides is 2. The first-order valence-electron chi connectivity index (χ1n) is 10.3. The molecule has 0 unspecified atom stereocenters. The SMILES string of the molecule is CCC(=O)Nc1ccc(C(=O)N2CC[C@@H](Nc3ncc4cc(OC)ccc4n3)C2)cc1. The average molecular weight is 419 g/mol. The Morgan fingerprint density at radius 2 is 2.00 bits per heavy atom. The van der Waals surface area contributed by atoms with Crippen molar-refractivity contribution in [2.45, 2.75) is 25.8 Å². The minimum Gasteiger partial charge on any atom is -0.497 e. The van der Waals surface area contributed by atoms with Crippen molar-refractivity contribution in [1.29, 1.82) is 0 Å². The Kier molecular flexibility index (Phi) is 5.97. The van der Waals surface area contributed by atoms with E-state index in [4.69, 9.17) is 4.74 Å². The number of rotatable bonds is 6. The van der Waals surface area contributed by atoms with Crippen LogP contribution in [0, 0.1) is 0 Å². The van der Waals surface area contributed by atoms with Crippen LogP contribution < -0.4 is 15.4 Å². The van der Waals surface area contributed by atoms with Crippen LogP contribution in [0.1, 0.15) is 30.1 Å². The fraction of sp³-hybridized carbons (Fsp3) is 0.304. The summed E-state index contributed by atoms with van der Waals surface area (Å²) in [6.45, 7) is 3.04. The van der Waals surface area contributed by atoms with Gasteiger partial charge in [0.05, 0.1) is 12.6 Å². The van der Waals surface area contributed by atoms with Crippen molar-refractivity contribution in [3.05, 3.63) is 54.2 Å². The topological polar surface area (TPSA) is 96.5 Å². The van der Waals surface area contributed by atoms with Gasteiger partial charge >= 0.3 is 0 Å². The molecule has 8 nitrogen and oxygen atoms in total. The third kappa shape index (κ3) is 4.74. The molecule has 0 bridgehead atoms. The normalized spacial score (nSPS) is 15.7. The summed E-state index contributed by atoms with van der Waals surface area (Å²) in [7, 11) is 1.63. The second-order valence-electron chi connectivity index (χ2n) is 7.48. The van der Waals surface area contributed by atoms with Crippen molar-refractivity contribution < 1.29 is 14.3 Å². The number of nitrogens with zero attached hydrogens (tertiary/aromatic N) is 3. The van der Waals surface area contributed by atoms with Crippen LogP contribution >= 0.6 is 0 Å². The molecule has 160 valence electrons. The lowest BCUT2D eigenvalue weighted by Gasteiger charge is -2.17. The number of carbonyl (C=O) groups is 2. The highest BCUT2D eigenvalue weighted by atomic mass is 16.5. The molecule has 0 spiro atoms. The average Bonchev–Trinajstić information content (AvgIpc) is 3.27. The summed E-state index contributed by atoms with van der Waals surface area (Å²) in [5, 5.41) is 7.04. The molecule has 3 aromatic rings. The van der Waals surface area contributed by atoms with E-state index < -0.39 is 0 Å². The summed E-state index contributed by atoms with van der Waals surface area (Å²) < 4.78 is 5.23. The molecule has 0 radical (unpaired) electrons. The zero-order valence-electron chi connectivity index (χ0n) is 17.6. The molecule has 1 saturated heterocycles. The Morgan fingerprint density at radius 1 is 1.19 bits per heavy atom. The van der Waals surface area contributed by atoms with E-state index in [-0.39, 0.29) is 17.9 Å². The molecule has 0 saturated carbocycles. The van der Waals surface area contributed by atoms with Crippen LogP contribution in [0.5, 0.6) is 5.75 Å². The number of likely N-dealkylation sites (tertiary alicyclic amines) is 1. The first kappa shape index (κ1) is 20.6. The molecule has 0 aliphatic carbocycles. The first-order chi connectivity index (χ1) is 15.1. The lowest BCUT2D eigenvalue weighted by molar-refractivity contribution is -0.115. The molecule has 2 amide bonds. The second kappa shape index (κ2) is 8.99. The Balaban J connectivity index is 1.37. The fourth-order valence-electron chi connectivity index (χ4n) is 3.58. The van der Waals surface area contributed by atoms with Crippen LogP contribution in [0.15, 0.2) is 48.7 Å². The van der Waals surface area contributed by atoms with E-state index in [1.807, 2.05) is 23.1 Å². The zero-order valence-corrected chi connectivity index (χ0v) is 17.6. The number of anilines is 2. The number of carbonyl (C=O) groups excluding carboxylic acids is 2. The number of aromatic nitrogens is 2. The van der Waals surface area contributed by atoms with Gasteiger partial charge in [-0.25, -0.2) is 9.97 Å². The summed E-state index contributed by atoms with van der Waals surface area (Å²) >= 11 is 0. The maximum absolute atomic E-state index is 12.8. The Labute approximate surface area is 180 Å². The van der Waals surface area contributed by atoms with Gasteiger partial charge in [-0.05, 0) is 48.9 Å². The van der Waals surface area contributed by atoms with Crippen LogP contribution in [0.3, 0.4) is 0 Å². The molecule has 1 atom stereocenters. The van der Waals surface area contributed by atoms with Crippen LogP contribution in [0.2, 0.25) is 0 Å². The van der Waals surface area contributed by atoms with Crippen molar-refractivity contribution in [2.24, 2.45) is 0 Å². The number of benzene rings is 2. The number of methoxy groups -OCH3 is 1. The van der Waals surface area contributed by atoms with Gasteiger partial charge in [0.15, 0.2) is 0 Å². The molecular weight excluding hydrogens is 394 g/mol. The van der Waals surface area contributed by atoms with Crippen LogP contribution in [-0.2, 0) is 4.79 Å². The maximum Gasteiger partial charge on any atom is 0.253 e. The largest absolute Gasteiger partial charge is 0.497 e. The Bertz CT molecular complexity index is 1100. The first-order valence-corrected chi connectivity index (χ1v) is 10.3. The highest BCUT2D eigenvalue weighted by Crippen LogP contribution is 2.21. The summed E-state index contributed by atoms with van der Waals surface area (Å²) in [6.07, 6.45) is 3.00. The molecule has 1 aliphatic heterocycles. The molecule has 8 heteroatoms. The van der Waals surface area contributed by atoms with Gasteiger partial charge in [0.25, 0.3) is 5.91 Å². The minimum absolute atomic E-state index is 0.0239. The van der Waals surface area contributed by atoms with Crippen LogP contribution in [0.25, 0.3) is 10.9 Å². The third-order valence-corrected chi connectivity index (χ3v) is 5.33. The summed E-state index contributed by atoms with van der Waals surface area (Å²) in [5.41, 5.74) is 2.13. The maximum atomic E-state index is 12.8. The molecule has 1 fully saturated rings. The van der Waals surface area contributed by atoms with Crippen molar-refractivity contribution in [1.82, 2.24) is 14.9 Å². The highest BCUT2D eigenvalue weighted by molar-refractivity contribution is 5.96. The minimum atomic E-state index is -0.0532. The van der Waals surface area contributed by atoms with Crippen molar-refractivity contribution in [2.75, 3.05) is 30.8 Å². The van der Waals surface area contributed by atoms with E-state index in [0.717, 1.165) is 23.1 Å². The van der Waals surface area contributed by atoms with E-state index in [1.54, 1.807) is 44.5 Å². The fourth-order valence-corrected chi connectivity index (χ4v) is 3.58. The number of nitrogens with one attached hydrogen (secondary N) is 2. The van der Waals surface area contributed by atoms with Gasteiger partial charge in [0, 0.05) is 48.4 Å². The van der Waals surface area contributed by atoms with Gasteiger partial charge in [-0.2, -0.15) is 0 Å². The van der Waals surface area contributed by atoms with E-state index in [2.05, 4.69) is 20.6 Å². The number of ether oxygens (including phenoxy) is 1. The van der Waals surface area contributed by atoms with Gasteiger partial charge in [0.1, 0.15) is 5.75 Å². The van der Waals surface area contributed by atoms with Gasteiger partial charge in [-0.3, -0.25) is 9.59 Å². The standard InChI is InChI=1S/C23H25N5O3/c1-3-21(29)25-17-6-4-15(5-7-17)22(30)28-11-10-18(14-28)26-23-24-13-16-12-19(31-2)8-9-20(16)27-23/h4-9,12-13,18H,3,10-11,14H2,1-2H3,(H,25,29)(H,24,26,27)/t18-/m1/s1. The molecule has 1 aliphatic rings. The summed E-state index contributed by atoms with van der Waals surface area (Å²) in [6, 6.07) is 12.8. The molecule has 2 heterocycles. The summed E-state index contributed by atoms with van der Waals surface area (Å²) in [5.74, 6) is 1.24. The van der Waals surface area contributed by atoms with Gasteiger partial charge < -0.3 is 20.3 Å². The predicted octanol–water partition coefficient (Wildman–Crippen LogP) is 3.31. The molecule has 4 rings (SSSR count). The smallest absolute Gasteiger partial charge is 0.253 e. The lowest BCUT2D eigenvalue weighted by atomic mass is 10.2. The van der Waals surface area contributed by atoms with E-state index in [0.29, 0.717) is 36.7 Å². The lowest BCUT2D eigenvalue weighted by Crippen LogP contribution is -2.31.